The summed E-state index contributed by atoms with van der Waals surface area (Å²) in [6.07, 6.45) is 2.11. The fourth-order valence-electron chi connectivity index (χ4n) is 3.00. The summed E-state index contributed by atoms with van der Waals surface area (Å²) in [7, 11) is 0. The van der Waals surface area contributed by atoms with Gasteiger partial charge in [-0.2, -0.15) is 0 Å². The smallest absolute Gasteiger partial charge is 0.147 e. The molecular formula is C18H21FN2. The van der Waals surface area contributed by atoms with Gasteiger partial charge in [-0.1, -0.05) is 23.8 Å². The lowest BCUT2D eigenvalue weighted by atomic mass is 9.98. The van der Waals surface area contributed by atoms with E-state index in [0.29, 0.717) is 5.69 Å². The number of anilines is 2. The van der Waals surface area contributed by atoms with E-state index in [0.717, 1.165) is 30.6 Å². The highest BCUT2D eigenvalue weighted by atomic mass is 19.1. The van der Waals surface area contributed by atoms with E-state index in [1.807, 2.05) is 19.1 Å². The minimum absolute atomic E-state index is 0.148. The standard InChI is InChI=1S/C18H21FN2/c1-12-5-7-17-15(10-12)4-3-9-21(17)18-8-6-14(13(2)20)11-16(18)19/h5-8,10-11,13H,3-4,9,20H2,1-2H3. The molecule has 3 heteroatoms. The Labute approximate surface area is 125 Å². The van der Waals surface area contributed by atoms with Crippen molar-refractivity contribution >= 4 is 11.4 Å². The average molecular weight is 284 g/mol. The Morgan fingerprint density at radius 2 is 1.90 bits per heavy atom. The summed E-state index contributed by atoms with van der Waals surface area (Å²) in [5, 5.41) is 0. The molecular weight excluding hydrogens is 263 g/mol. The molecule has 1 unspecified atom stereocenters. The van der Waals surface area contributed by atoms with Crippen LogP contribution in [0.1, 0.15) is 36.1 Å². The van der Waals surface area contributed by atoms with Crippen molar-refractivity contribution in [2.45, 2.75) is 32.7 Å². The first-order valence-corrected chi connectivity index (χ1v) is 7.48. The maximum absolute atomic E-state index is 14.5. The Bertz CT molecular complexity index is 664. The van der Waals surface area contributed by atoms with Crippen molar-refractivity contribution in [3.8, 4) is 0 Å². The fraction of sp³-hybridized carbons (Fsp3) is 0.333. The van der Waals surface area contributed by atoms with Crippen LogP contribution in [-0.2, 0) is 6.42 Å². The van der Waals surface area contributed by atoms with Gasteiger partial charge in [-0.15, -0.1) is 0 Å². The van der Waals surface area contributed by atoms with Gasteiger partial charge >= 0.3 is 0 Å². The van der Waals surface area contributed by atoms with E-state index in [1.54, 1.807) is 6.07 Å². The number of benzene rings is 2. The SMILES string of the molecule is Cc1ccc2c(c1)CCCN2c1ccc(C(C)N)cc1F. The van der Waals surface area contributed by atoms with Crippen LogP contribution in [0.4, 0.5) is 15.8 Å². The first-order chi connectivity index (χ1) is 10.1. The van der Waals surface area contributed by atoms with Gasteiger partial charge in [0, 0.05) is 18.3 Å². The van der Waals surface area contributed by atoms with E-state index in [4.69, 9.17) is 5.73 Å². The number of halogens is 1. The average Bonchev–Trinajstić information content (AvgIpc) is 2.46. The summed E-state index contributed by atoms with van der Waals surface area (Å²) >= 11 is 0. The van der Waals surface area contributed by atoms with Gasteiger partial charge in [-0.3, -0.25) is 0 Å². The van der Waals surface area contributed by atoms with E-state index >= 15 is 0 Å². The number of nitrogens with two attached hydrogens (primary N) is 1. The molecule has 0 saturated heterocycles. The number of rotatable bonds is 2. The molecule has 110 valence electrons. The lowest BCUT2D eigenvalue weighted by molar-refractivity contribution is 0.615. The zero-order valence-corrected chi connectivity index (χ0v) is 12.6. The lowest BCUT2D eigenvalue weighted by Crippen LogP contribution is -2.25. The Hall–Kier alpha value is -1.87. The molecule has 0 bridgehead atoms. The number of fused-ring (bicyclic) bond motifs is 1. The molecule has 1 aliphatic rings. The van der Waals surface area contributed by atoms with Gasteiger partial charge in [0.2, 0.25) is 0 Å². The monoisotopic (exact) mass is 284 g/mol. The van der Waals surface area contributed by atoms with Gasteiger partial charge in [0.25, 0.3) is 0 Å². The van der Waals surface area contributed by atoms with Crippen LogP contribution in [0.5, 0.6) is 0 Å². The molecule has 1 atom stereocenters. The van der Waals surface area contributed by atoms with Crippen LogP contribution in [0.25, 0.3) is 0 Å². The molecule has 2 aromatic carbocycles. The summed E-state index contributed by atoms with van der Waals surface area (Å²) in [5.41, 5.74) is 11.0. The fourth-order valence-corrected chi connectivity index (χ4v) is 3.00. The molecule has 2 N–H and O–H groups in total. The second-order valence-electron chi connectivity index (χ2n) is 5.89. The number of hydrogen-bond acceptors (Lipinski definition) is 2. The maximum Gasteiger partial charge on any atom is 0.147 e. The summed E-state index contributed by atoms with van der Waals surface area (Å²) in [4.78, 5) is 2.08. The third kappa shape index (κ3) is 2.66. The van der Waals surface area contributed by atoms with Crippen LogP contribution in [0.2, 0.25) is 0 Å². The number of nitrogens with zero attached hydrogens (tertiary/aromatic N) is 1. The Morgan fingerprint density at radius 1 is 1.14 bits per heavy atom. The van der Waals surface area contributed by atoms with Gasteiger partial charge in [0.1, 0.15) is 5.82 Å². The van der Waals surface area contributed by atoms with Crippen molar-refractivity contribution in [2.24, 2.45) is 5.73 Å². The first kappa shape index (κ1) is 14.1. The van der Waals surface area contributed by atoms with Crippen molar-refractivity contribution < 1.29 is 4.39 Å². The lowest BCUT2D eigenvalue weighted by Gasteiger charge is -2.32. The molecule has 2 aromatic rings. The molecule has 0 saturated carbocycles. The summed E-state index contributed by atoms with van der Waals surface area (Å²) in [5.74, 6) is -0.196. The van der Waals surface area contributed by atoms with Crippen molar-refractivity contribution in [1.82, 2.24) is 0 Å². The Balaban J connectivity index is 2.03. The highest BCUT2D eigenvalue weighted by molar-refractivity contribution is 5.69. The van der Waals surface area contributed by atoms with Crippen LogP contribution in [0, 0.1) is 12.7 Å². The third-order valence-corrected chi connectivity index (χ3v) is 4.14. The van der Waals surface area contributed by atoms with Crippen LogP contribution < -0.4 is 10.6 Å². The molecule has 0 fully saturated rings. The number of hydrogen-bond donors (Lipinski definition) is 1. The first-order valence-electron chi connectivity index (χ1n) is 7.48. The molecule has 1 heterocycles. The topological polar surface area (TPSA) is 29.3 Å². The minimum atomic E-state index is -0.196. The van der Waals surface area contributed by atoms with Crippen LogP contribution in [-0.4, -0.2) is 6.54 Å². The number of aryl methyl sites for hydroxylation is 2. The van der Waals surface area contributed by atoms with E-state index in [9.17, 15) is 4.39 Å². The summed E-state index contributed by atoms with van der Waals surface area (Å²) < 4.78 is 14.5. The van der Waals surface area contributed by atoms with Crippen molar-refractivity contribution in [2.75, 3.05) is 11.4 Å². The molecule has 0 aliphatic carbocycles. The maximum atomic E-state index is 14.5. The van der Waals surface area contributed by atoms with Gasteiger partial charge < -0.3 is 10.6 Å². The summed E-state index contributed by atoms with van der Waals surface area (Å²) in [6, 6.07) is 11.6. The Kier molecular flexibility index (Phi) is 3.68. The molecule has 21 heavy (non-hydrogen) atoms. The molecule has 0 amide bonds. The van der Waals surface area contributed by atoms with Crippen molar-refractivity contribution in [3.63, 3.8) is 0 Å². The van der Waals surface area contributed by atoms with Gasteiger partial charge in [-0.25, -0.2) is 4.39 Å². The van der Waals surface area contributed by atoms with Gasteiger partial charge in [0.05, 0.1) is 5.69 Å². The van der Waals surface area contributed by atoms with Gasteiger partial charge in [-0.05, 0) is 56.0 Å². The predicted octanol–water partition coefficient (Wildman–Crippen LogP) is 4.24. The predicted molar refractivity (Wildman–Crippen MR) is 85.5 cm³/mol. The second kappa shape index (κ2) is 5.49. The van der Waals surface area contributed by atoms with Crippen molar-refractivity contribution in [1.29, 1.82) is 0 Å². The van der Waals surface area contributed by atoms with Gasteiger partial charge in [0.15, 0.2) is 0 Å². The Morgan fingerprint density at radius 3 is 2.62 bits per heavy atom. The van der Waals surface area contributed by atoms with E-state index in [1.165, 1.54) is 11.1 Å². The zero-order valence-electron chi connectivity index (χ0n) is 12.6. The van der Waals surface area contributed by atoms with E-state index in [-0.39, 0.29) is 11.9 Å². The van der Waals surface area contributed by atoms with Crippen molar-refractivity contribution in [3.05, 3.63) is 58.9 Å². The normalized spacial score (nSPS) is 15.7. The summed E-state index contributed by atoms with van der Waals surface area (Å²) in [6.45, 7) is 4.81. The molecule has 0 aromatic heterocycles. The molecule has 0 spiro atoms. The highest BCUT2D eigenvalue weighted by Crippen LogP contribution is 2.35. The van der Waals surface area contributed by atoms with Crippen LogP contribution in [0.3, 0.4) is 0 Å². The van der Waals surface area contributed by atoms with E-state index in [2.05, 4.69) is 30.0 Å². The quantitative estimate of drug-likeness (QED) is 0.893. The third-order valence-electron chi connectivity index (χ3n) is 4.14. The minimum Gasteiger partial charge on any atom is -0.339 e. The molecule has 2 nitrogen and oxygen atoms in total. The zero-order chi connectivity index (χ0) is 15.0. The molecule has 1 aliphatic heterocycles. The largest absolute Gasteiger partial charge is 0.339 e. The molecule has 0 radical (unpaired) electrons. The molecule has 3 rings (SSSR count). The van der Waals surface area contributed by atoms with E-state index < -0.39 is 0 Å². The van der Waals surface area contributed by atoms with Crippen LogP contribution in [0.15, 0.2) is 36.4 Å². The second-order valence-corrected chi connectivity index (χ2v) is 5.89. The highest BCUT2D eigenvalue weighted by Gasteiger charge is 2.21. The van der Waals surface area contributed by atoms with Crippen LogP contribution >= 0.6 is 0 Å².